The fourth-order valence-electron chi connectivity index (χ4n) is 1.69. The van der Waals surface area contributed by atoms with Crippen molar-refractivity contribution in [1.29, 1.82) is 0 Å². The molecule has 0 atom stereocenters. The molecule has 1 heterocycles. The number of pyridine rings is 1. The average molecular weight is 243 g/mol. The molecule has 0 aliphatic rings. The number of carbonyl (C=O) groups is 1. The maximum atomic E-state index is 11.8. The number of rotatable bonds is 3. The highest BCUT2D eigenvalue weighted by Crippen LogP contribution is 2.13. The van der Waals surface area contributed by atoms with Crippen LogP contribution in [0.4, 0.5) is 0 Å². The molecule has 0 radical (unpaired) electrons. The molecule has 2 rings (SSSR count). The van der Waals surface area contributed by atoms with Crippen LogP contribution < -0.4 is 5.56 Å². The molecule has 2 aromatic rings. The van der Waals surface area contributed by atoms with E-state index in [1.54, 1.807) is 49.5 Å². The Bertz CT molecular complexity index is 616. The van der Waals surface area contributed by atoms with E-state index in [0.717, 1.165) is 0 Å². The first kappa shape index (κ1) is 12.1. The van der Waals surface area contributed by atoms with E-state index in [2.05, 4.69) is 0 Å². The molecular formula is C14H13NO3. The molecule has 0 N–H and O–H groups in total. The van der Waals surface area contributed by atoms with Crippen LogP contribution in [-0.2, 0) is 4.74 Å². The summed E-state index contributed by atoms with van der Waals surface area (Å²) in [5.41, 5.74) is 0.725. The molecule has 0 saturated heterocycles. The van der Waals surface area contributed by atoms with Crippen LogP contribution in [0.5, 0.6) is 0 Å². The van der Waals surface area contributed by atoms with Crippen LogP contribution in [0.2, 0.25) is 0 Å². The molecule has 0 aliphatic heterocycles. The summed E-state index contributed by atoms with van der Waals surface area (Å²) >= 11 is 0. The lowest BCUT2D eigenvalue weighted by Crippen LogP contribution is -2.19. The second-order valence-corrected chi connectivity index (χ2v) is 3.65. The zero-order valence-electron chi connectivity index (χ0n) is 10.00. The van der Waals surface area contributed by atoms with Gasteiger partial charge in [0.1, 0.15) is 0 Å². The third-order valence-corrected chi connectivity index (χ3v) is 2.48. The van der Waals surface area contributed by atoms with Gasteiger partial charge in [-0.05, 0) is 25.1 Å². The van der Waals surface area contributed by atoms with Gasteiger partial charge in [0.2, 0.25) is 0 Å². The summed E-state index contributed by atoms with van der Waals surface area (Å²) in [6, 6.07) is 11.7. The number of carbonyl (C=O) groups excluding carboxylic acids is 1. The predicted octanol–water partition coefficient (Wildman–Crippen LogP) is 2.01. The second-order valence-electron chi connectivity index (χ2n) is 3.65. The Morgan fingerprint density at radius 3 is 2.61 bits per heavy atom. The maximum absolute atomic E-state index is 11.8. The first-order valence-corrected chi connectivity index (χ1v) is 5.68. The molecule has 0 fully saturated rings. The molecule has 4 heteroatoms. The highest BCUT2D eigenvalue weighted by atomic mass is 16.5. The minimum atomic E-state index is -0.427. The third kappa shape index (κ3) is 2.32. The molecule has 18 heavy (non-hydrogen) atoms. The van der Waals surface area contributed by atoms with E-state index in [-0.39, 0.29) is 5.56 Å². The molecule has 0 saturated carbocycles. The van der Waals surface area contributed by atoms with E-state index in [0.29, 0.717) is 17.9 Å². The Morgan fingerprint density at radius 2 is 1.89 bits per heavy atom. The van der Waals surface area contributed by atoms with E-state index in [1.807, 2.05) is 0 Å². The van der Waals surface area contributed by atoms with Crippen LogP contribution in [0.3, 0.4) is 0 Å². The lowest BCUT2D eigenvalue weighted by molar-refractivity contribution is 0.0526. The van der Waals surface area contributed by atoms with Crippen molar-refractivity contribution in [2.45, 2.75) is 6.92 Å². The van der Waals surface area contributed by atoms with Gasteiger partial charge in [-0.15, -0.1) is 0 Å². The Balaban J connectivity index is 2.55. The highest BCUT2D eigenvalue weighted by molar-refractivity contribution is 5.93. The van der Waals surface area contributed by atoms with E-state index < -0.39 is 5.97 Å². The normalized spacial score (nSPS) is 10.1. The molecular weight excluding hydrogens is 230 g/mol. The van der Waals surface area contributed by atoms with E-state index >= 15 is 0 Å². The minimum absolute atomic E-state index is 0.186. The summed E-state index contributed by atoms with van der Waals surface area (Å²) < 4.78 is 6.40. The second kappa shape index (κ2) is 5.31. The van der Waals surface area contributed by atoms with Gasteiger partial charge in [-0.25, -0.2) is 4.79 Å². The molecule has 1 aromatic heterocycles. The van der Waals surface area contributed by atoms with Gasteiger partial charge in [0.15, 0.2) is 0 Å². The van der Waals surface area contributed by atoms with Crippen molar-refractivity contribution in [2.75, 3.05) is 6.61 Å². The summed E-state index contributed by atoms with van der Waals surface area (Å²) in [5.74, 6) is -0.427. The molecule has 1 aromatic carbocycles. The quantitative estimate of drug-likeness (QED) is 0.775. The van der Waals surface area contributed by atoms with Crippen molar-refractivity contribution in [1.82, 2.24) is 4.57 Å². The number of hydrogen-bond donors (Lipinski definition) is 0. The highest BCUT2D eigenvalue weighted by Gasteiger charge is 2.13. The predicted molar refractivity (Wildman–Crippen MR) is 68.0 cm³/mol. The maximum Gasteiger partial charge on any atom is 0.340 e. The molecule has 0 amide bonds. The largest absolute Gasteiger partial charge is 0.462 e. The Morgan fingerprint density at radius 1 is 1.17 bits per heavy atom. The molecule has 0 bridgehead atoms. The zero-order chi connectivity index (χ0) is 13.0. The van der Waals surface area contributed by atoms with Crippen LogP contribution in [-0.4, -0.2) is 17.1 Å². The average Bonchev–Trinajstić information content (AvgIpc) is 2.40. The Hall–Kier alpha value is -2.36. The van der Waals surface area contributed by atoms with E-state index in [1.165, 1.54) is 10.6 Å². The van der Waals surface area contributed by atoms with Crippen LogP contribution in [0, 0.1) is 0 Å². The smallest absolute Gasteiger partial charge is 0.340 e. The lowest BCUT2D eigenvalue weighted by atomic mass is 10.1. The van der Waals surface area contributed by atoms with Crippen LogP contribution >= 0.6 is 0 Å². The van der Waals surface area contributed by atoms with Crippen molar-refractivity contribution in [3.63, 3.8) is 0 Å². The topological polar surface area (TPSA) is 48.3 Å². The first-order chi connectivity index (χ1) is 8.74. The summed E-state index contributed by atoms with van der Waals surface area (Å²) in [6.45, 7) is 2.05. The summed E-state index contributed by atoms with van der Waals surface area (Å²) in [6.07, 6.45) is 1.63. The Kier molecular flexibility index (Phi) is 3.57. The van der Waals surface area contributed by atoms with Crippen LogP contribution in [0.1, 0.15) is 17.3 Å². The van der Waals surface area contributed by atoms with Crippen LogP contribution in [0.25, 0.3) is 5.69 Å². The fourth-order valence-corrected chi connectivity index (χ4v) is 1.69. The minimum Gasteiger partial charge on any atom is -0.462 e. The number of ether oxygens (including phenoxy) is 1. The van der Waals surface area contributed by atoms with Gasteiger partial charge in [0.05, 0.1) is 17.9 Å². The number of hydrogen-bond acceptors (Lipinski definition) is 3. The molecule has 0 aliphatic carbocycles. The number of benzene rings is 1. The Labute approximate surface area is 104 Å². The summed E-state index contributed by atoms with van der Waals surface area (Å²) in [7, 11) is 0. The third-order valence-electron chi connectivity index (χ3n) is 2.48. The summed E-state index contributed by atoms with van der Waals surface area (Å²) in [5, 5.41) is 0. The standard InChI is InChI=1S/C14H13NO3/c1-2-18-14(17)11-7-3-4-8-12(11)15-10-6-5-9-13(15)16/h3-10H,2H2,1H3. The van der Waals surface area contributed by atoms with Gasteiger partial charge < -0.3 is 4.74 Å². The van der Waals surface area contributed by atoms with Gasteiger partial charge >= 0.3 is 5.97 Å². The van der Waals surface area contributed by atoms with E-state index in [9.17, 15) is 9.59 Å². The van der Waals surface area contributed by atoms with Gasteiger partial charge in [-0.3, -0.25) is 9.36 Å². The SMILES string of the molecule is CCOC(=O)c1ccccc1-n1ccccc1=O. The molecule has 0 spiro atoms. The number of para-hydroxylation sites is 1. The van der Waals surface area contributed by atoms with Crippen molar-refractivity contribution in [3.05, 3.63) is 64.6 Å². The van der Waals surface area contributed by atoms with Gasteiger partial charge in [0.25, 0.3) is 5.56 Å². The zero-order valence-corrected chi connectivity index (χ0v) is 10.00. The van der Waals surface area contributed by atoms with Gasteiger partial charge in [0, 0.05) is 12.3 Å². The number of nitrogens with zero attached hydrogens (tertiary/aromatic N) is 1. The lowest BCUT2D eigenvalue weighted by Gasteiger charge is -2.10. The fraction of sp³-hybridized carbons (Fsp3) is 0.143. The van der Waals surface area contributed by atoms with Crippen molar-refractivity contribution < 1.29 is 9.53 Å². The number of aromatic nitrogens is 1. The molecule has 4 nitrogen and oxygen atoms in total. The molecule has 0 unspecified atom stereocenters. The van der Waals surface area contributed by atoms with Gasteiger partial charge in [-0.1, -0.05) is 18.2 Å². The first-order valence-electron chi connectivity index (χ1n) is 5.68. The van der Waals surface area contributed by atoms with Crippen molar-refractivity contribution >= 4 is 5.97 Å². The van der Waals surface area contributed by atoms with Crippen LogP contribution in [0.15, 0.2) is 53.5 Å². The van der Waals surface area contributed by atoms with E-state index in [4.69, 9.17) is 4.74 Å². The number of esters is 1. The molecule has 92 valence electrons. The monoisotopic (exact) mass is 243 g/mol. The van der Waals surface area contributed by atoms with Crippen molar-refractivity contribution in [3.8, 4) is 5.69 Å². The van der Waals surface area contributed by atoms with Crippen molar-refractivity contribution in [2.24, 2.45) is 0 Å². The summed E-state index contributed by atoms with van der Waals surface area (Å²) in [4.78, 5) is 23.6. The van der Waals surface area contributed by atoms with Gasteiger partial charge in [-0.2, -0.15) is 0 Å².